The van der Waals surface area contributed by atoms with E-state index in [0.29, 0.717) is 0 Å². The van der Waals surface area contributed by atoms with E-state index >= 15 is 0 Å². The molecule has 2 heterocycles. The van der Waals surface area contributed by atoms with Gasteiger partial charge >= 0.3 is 0 Å². The smallest absolute Gasteiger partial charge is 0.165 e. The lowest BCUT2D eigenvalue weighted by atomic mass is 10.0. The van der Waals surface area contributed by atoms with Gasteiger partial charge in [0.05, 0.1) is 11.4 Å². The molecule has 1 aliphatic heterocycles. The molecular weight excluding hydrogens is 427 g/mol. The molecule has 3 aromatic carbocycles. The van der Waals surface area contributed by atoms with Crippen LogP contribution in [0.1, 0.15) is 16.7 Å². The second-order valence-electron chi connectivity index (χ2n) is 9.42. The fourth-order valence-electron chi connectivity index (χ4n) is 5.10. The molecule has 0 atom stereocenters. The molecule has 0 saturated carbocycles. The van der Waals surface area contributed by atoms with Gasteiger partial charge in [-0.25, -0.2) is 4.39 Å². The molecule has 1 fully saturated rings. The maximum Gasteiger partial charge on any atom is 0.165 e. The van der Waals surface area contributed by atoms with Gasteiger partial charge in [-0.3, -0.25) is 10.00 Å². The summed E-state index contributed by atoms with van der Waals surface area (Å²) >= 11 is 0. The first-order valence-electron chi connectivity index (χ1n) is 11.7. The molecule has 1 aromatic heterocycles. The van der Waals surface area contributed by atoms with Gasteiger partial charge in [0.25, 0.3) is 0 Å². The van der Waals surface area contributed by atoms with Gasteiger partial charge in [-0.2, -0.15) is 5.10 Å². The van der Waals surface area contributed by atoms with Gasteiger partial charge in [0.15, 0.2) is 11.6 Å². The van der Waals surface area contributed by atoms with Crippen LogP contribution in [0.5, 0.6) is 5.75 Å². The highest BCUT2D eigenvalue weighted by molar-refractivity contribution is 5.82. The average Bonchev–Trinajstić information content (AvgIpc) is 3.41. The molecule has 0 amide bonds. The van der Waals surface area contributed by atoms with Crippen LogP contribution in [0.25, 0.3) is 33.6 Å². The number of phenolic OH excluding ortho intramolecular Hbond substituents is 1. The first-order valence-corrected chi connectivity index (χ1v) is 11.7. The van der Waals surface area contributed by atoms with E-state index < -0.39 is 5.82 Å². The van der Waals surface area contributed by atoms with E-state index in [1.807, 2.05) is 24.3 Å². The Kier molecular flexibility index (Phi) is 5.20. The zero-order chi connectivity index (χ0) is 23.2. The van der Waals surface area contributed by atoms with Crippen molar-refractivity contribution in [2.24, 2.45) is 0 Å². The number of hydrogen-bond donors (Lipinski definition) is 2. The average molecular weight is 455 g/mol. The third kappa shape index (κ3) is 3.79. The number of hydrogen-bond acceptors (Lipinski definition) is 4. The fourth-order valence-corrected chi connectivity index (χ4v) is 5.10. The lowest BCUT2D eigenvalue weighted by molar-refractivity contribution is 0.148. The first-order chi connectivity index (χ1) is 16.5. The van der Waals surface area contributed by atoms with Crippen LogP contribution in [0.15, 0.2) is 60.7 Å². The van der Waals surface area contributed by atoms with Crippen molar-refractivity contribution < 1.29 is 9.50 Å². The number of halogens is 1. The van der Waals surface area contributed by atoms with Crippen molar-refractivity contribution in [1.29, 1.82) is 0 Å². The van der Waals surface area contributed by atoms with E-state index in [1.165, 1.54) is 34.4 Å². The third-order valence-corrected chi connectivity index (χ3v) is 7.11. The molecule has 1 saturated heterocycles. The van der Waals surface area contributed by atoms with Gasteiger partial charge in [0.1, 0.15) is 0 Å². The second-order valence-corrected chi connectivity index (χ2v) is 9.42. The Balaban J connectivity index is 1.22. The highest BCUT2D eigenvalue weighted by Crippen LogP contribution is 2.41. The standard InChI is InChI=1S/C28H27FN4O/c1-32-10-12-33(13-11-32)17-18-2-8-23-22(14-18)15-24-27(30-31-28(23)24)20-5-3-19(4-6-20)21-7-9-26(34)25(29)16-21/h2-9,14,16,34H,10-13,15,17H2,1H3,(H,30,31). The molecule has 0 spiro atoms. The van der Waals surface area contributed by atoms with Crippen molar-refractivity contribution >= 4 is 0 Å². The summed E-state index contributed by atoms with van der Waals surface area (Å²) in [7, 11) is 2.19. The van der Waals surface area contributed by atoms with Crippen LogP contribution in [0, 0.1) is 5.82 Å². The third-order valence-electron chi connectivity index (χ3n) is 7.11. The number of aromatic amines is 1. The predicted molar refractivity (Wildman–Crippen MR) is 132 cm³/mol. The molecule has 6 heteroatoms. The molecule has 0 radical (unpaired) electrons. The topological polar surface area (TPSA) is 55.4 Å². The van der Waals surface area contributed by atoms with Gasteiger partial charge in [0, 0.05) is 55.8 Å². The summed E-state index contributed by atoms with van der Waals surface area (Å²) in [6.45, 7) is 5.50. The van der Waals surface area contributed by atoms with E-state index in [9.17, 15) is 9.50 Å². The van der Waals surface area contributed by atoms with Gasteiger partial charge in [-0.1, -0.05) is 48.5 Å². The van der Waals surface area contributed by atoms with Crippen molar-refractivity contribution in [2.45, 2.75) is 13.0 Å². The monoisotopic (exact) mass is 454 g/mol. The number of aromatic hydroxyl groups is 1. The van der Waals surface area contributed by atoms with E-state index in [2.05, 4.69) is 45.2 Å². The van der Waals surface area contributed by atoms with Crippen LogP contribution in [-0.4, -0.2) is 58.3 Å². The SMILES string of the molecule is CN1CCN(Cc2ccc3c(c2)Cc2c(-c4ccc(-c5ccc(O)c(F)c5)cc4)n[nH]c2-3)CC1. The number of likely N-dealkylation sites (N-methyl/N-ethyl adjacent to an activating group) is 1. The number of piperazine rings is 1. The maximum atomic E-state index is 13.8. The van der Waals surface area contributed by atoms with Crippen LogP contribution in [0.2, 0.25) is 0 Å². The molecular formula is C28H27FN4O. The number of nitrogens with zero attached hydrogens (tertiary/aromatic N) is 3. The van der Waals surface area contributed by atoms with E-state index in [4.69, 9.17) is 0 Å². The Morgan fingerprint density at radius 1 is 0.912 bits per heavy atom. The molecule has 0 unspecified atom stereocenters. The van der Waals surface area contributed by atoms with Gasteiger partial charge in [-0.05, 0) is 41.4 Å². The fraction of sp³-hybridized carbons (Fsp3) is 0.250. The largest absolute Gasteiger partial charge is 0.505 e. The van der Waals surface area contributed by atoms with Gasteiger partial charge < -0.3 is 10.0 Å². The minimum atomic E-state index is -0.614. The Hall–Kier alpha value is -3.48. The molecule has 4 aromatic rings. The number of benzene rings is 3. The summed E-state index contributed by atoms with van der Waals surface area (Å²) in [4.78, 5) is 4.92. The molecule has 2 aliphatic rings. The van der Waals surface area contributed by atoms with Crippen molar-refractivity contribution in [2.75, 3.05) is 33.2 Å². The summed E-state index contributed by atoms with van der Waals surface area (Å²) < 4.78 is 13.8. The lowest BCUT2D eigenvalue weighted by Crippen LogP contribution is -2.43. The van der Waals surface area contributed by atoms with E-state index in [-0.39, 0.29) is 5.75 Å². The number of fused-ring (bicyclic) bond motifs is 3. The van der Waals surface area contributed by atoms with Crippen LogP contribution in [0.3, 0.4) is 0 Å². The minimum absolute atomic E-state index is 0.335. The van der Waals surface area contributed by atoms with Crippen molar-refractivity contribution in [3.05, 3.63) is 83.2 Å². The Morgan fingerprint density at radius 3 is 2.41 bits per heavy atom. The van der Waals surface area contributed by atoms with Crippen molar-refractivity contribution in [3.63, 3.8) is 0 Å². The van der Waals surface area contributed by atoms with Crippen LogP contribution < -0.4 is 0 Å². The summed E-state index contributed by atoms with van der Waals surface area (Å²) in [5.74, 6) is -0.949. The highest BCUT2D eigenvalue weighted by Gasteiger charge is 2.25. The molecule has 0 bridgehead atoms. The summed E-state index contributed by atoms with van der Waals surface area (Å²) in [5, 5.41) is 17.3. The van der Waals surface area contributed by atoms with E-state index in [1.54, 1.807) is 6.07 Å². The number of nitrogens with one attached hydrogen (secondary N) is 1. The van der Waals surface area contributed by atoms with Gasteiger partial charge in [-0.15, -0.1) is 0 Å². The zero-order valence-electron chi connectivity index (χ0n) is 19.2. The summed E-state index contributed by atoms with van der Waals surface area (Å²) in [6.07, 6.45) is 0.873. The van der Waals surface area contributed by atoms with Crippen molar-refractivity contribution in [1.82, 2.24) is 20.0 Å². The normalized spacial score (nSPS) is 15.9. The first kappa shape index (κ1) is 21.1. The Bertz CT molecular complexity index is 1350. The lowest BCUT2D eigenvalue weighted by Gasteiger charge is -2.32. The molecule has 6 rings (SSSR count). The number of H-pyrrole nitrogens is 1. The maximum absolute atomic E-state index is 13.8. The number of phenols is 1. The highest BCUT2D eigenvalue weighted by atomic mass is 19.1. The molecule has 1 aliphatic carbocycles. The van der Waals surface area contributed by atoms with Crippen molar-refractivity contribution in [3.8, 4) is 39.4 Å². The summed E-state index contributed by atoms with van der Waals surface area (Å²) in [6, 6.07) is 19.3. The van der Waals surface area contributed by atoms with Gasteiger partial charge in [0.2, 0.25) is 0 Å². The number of rotatable bonds is 4. The van der Waals surface area contributed by atoms with Crippen LogP contribution in [-0.2, 0) is 13.0 Å². The minimum Gasteiger partial charge on any atom is -0.505 e. The quantitative estimate of drug-likeness (QED) is 0.405. The van der Waals surface area contributed by atoms with E-state index in [0.717, 1.165) is 67.2 Å². The zero-order valence-corrected chi connectivity index (χ0v) is 19.2. The predicted octanol–water partition coefficient (Wildman–Crippen LogP) is 4.91. The number of aromatic nitrogens is 2. The molecule has 2 N–H and O–H groups in total. The van der Waals surface area contributed by atoms with Crippen LogP contribution >= 0.6 is 0 Å². The second kappa shape index (κ2) is 8.38. The van der Waals surface area contributed by atoms with Crippen LogP contribution in [0.4, 0.5) is 4.39 Å². The Morgan fingerprint density at radius 2 is 1.65 bits per heavy atom. The Labute approximate surface area is 198 Å². The summed E-state index contributed by atoms with van der Waals surface area (Å²) in [5.41, 5.74) is 9.94. The molecule has 172 valence electrons. The molecule has 34 heavy (non-hydrogen) atoms. The molecule has 5 nitrogen and oxygen atoms in total.